The fourth-order valence-electron chi connectivity index (χ4n) is 5.18. The van der Waals surface area contributed by atoms with Crippen molar-refractivity contribution < 1.29 is 9.47 Å². The number of methoxy groups -OCH3 is 2. The molecule has 0 aliphatic rings. The average molecular weight is 622 g/mol. The number of nitrogens with zero attached hydrogens (tertiary/aromatic N) is 2. The first-order valence-electron chi connectivity index (χ1n) is 14.9. The highest BCUT2D eigenvalue weighted by atomic mass is 79.9. The molecule has 0 aromatic heterocycles. The third kappa shape index (κ3) is 10.9. The molecule has 0 amide bonds. The maximum absolute atomic E-state index is 5.83. The predicted molar refractivity (Wildman–Crippen MR) is 179 cm³/mol. The molecule has 1 atom stereocenters. The summed E-state index contributed by atoms with van der Waals surface area (Å²) in [4.78, 5) is 4.96. The van der Waals surface area contributed by atoms with Crippen LogP contribution >= 0.6 is 15.9 Å². The molecule has 3 aromatic rings. The van der Waals surface area contributed by atoms with E-state index in [4.69, 9.17) is 9.47 Å². The number of hydrogen-bond donors (Lipinski definition) is 0. The summed E-state index contributed by atoms with van der Waals surface area (Å²) in [5.74, 6) is 1.66. The molecule has 0 spiro atoms. The lowest BCUT2D eigenvalue weighted by molar-refractivity contribution is 0.185. The van der Waals surface area contributed by atoms with Crippen molar-refractivity contribution in [2.75, 3.05) is 43.7 Å². The first-order valence-corrected chi connectivity index (χ1v) is 15.7. The van der Waals surface area contributed by atoms with E-state index in [1.165, 1.54) is 52.9 Å². The Morgan fingerprint density at radius 1 is 0.878 bits per heavy atom. The van der Waals surface area contributed by atoms with Crippen LogP contribution < -0.4 is 14.5 Å². The van der Waals surface area contributed by atoms with Crippen LogP contribution in [-0.4, -0.2) is 33.9 Å². The molecule has 0 fully saturated rings. The van der Waals surface area contributed by atoms with Gasteiger partial charge < -0.3 is 19.3 Å². The molecular weight excluding hydrogens is 572 g/mol. The van der Waals surface area contributed by atoms with Gasteiger partial charge in [0.1, 0.15) is 5.75 Å². The van der Waals surface area contributed by atoms with Crippen molar-refractivity contribution in [1.29, 1.82) is 0 Å². The zero-order chi connectivity index (χ0) is 29.6. The fraction of sp³-hybridized carbons (Fsp3) is 0.444. The Morgan fingerprint density at radius 3 is 2.29 bits per heavy atom. The van der Waals surface area contributed by atoms with E-state index >= 15 is 0 Å². The molecular formula is C36H49BrN2O2. The summed E-state index contributed by atoms with van der Waals surface area (Å²) in [7, 11) is 3.51. The summed E-state index contributed by atoms with van der Waals surface area (Å²) < 4.78 is 12.3. The summed E-state index contributed by atoms with van der Waals surface area (Å²) in [6.45, 7) is 13.4. The van der Waals surface area contributed by atoms with Crippen molar-refractivity contribution >= 4 is 27.3 Å². The molecule has 0 heterocycles. The first kappa shape index (κ1) is 32.8. The van der Waals surface area contributed by atoms with Crippen molar-refractivity contribution in [2.24, 2.45) is 5.92 Å². The van der Waals surface area contributed by atoms with Gasteiger partial charge in [0.15, 0.2) is 0 Å². The number of hydrogen-bond acceptors (Lipinski definition) is 4. The molecule has 0 N–H and O–H groups in total. The standard InChI is InChI=1S/C36H49BrN2O2/c1-7-38(22-20-29(4)11-8-10-28(2)3)35-18-19-36(41-6)32(25-35)21-23-39(26-31-12-9-13-33(37)24-31)34-16-14-30(15-17-34)27-40-5/h9-10,12-19,24-25,29H,7-8,11,20-23,26-27H2,1-6H3. The van der Waals surface area contributed by atoms with Crippen LogP contribution in [-0.2, 0) is 24.3 Å². The van der Waals surface area contributed by atoms with Crippen LogP contribution in [0.3, 0.4) is 0 Å². The number of rotatable bonds is 17. The van der Waals surface area contributed by atoms with Gasteiger partial charge in [-0.2, -0.15) is 0 Å². The Bertz CT molecular complexity index is 1220. The number of allylic oxidation sites excluding steroid dienone is 2. The number of benzene rings is 3. The Morgan fingerprint density at radius 2 is 1.63 bits per heavy atom. The quantitative estimate of drug-likeness (QED) is 0.140. The lowest BCUT2D eigenvalue weighted by atomic mass is 10.0. The Balaban J connectivity index is 1.76. The molecule has 1 unspecified atom stereocenters. The van der Waals surface area contributed by atoms with Gasteiger partial charge in [-0.1, -0.05) is 58.8 Å². The highest BCUT2D eigenvalue weighted by Crippen LogP contribution is 2.28. The summed E-state index contributed by atoms with van der Waals surface area (Å²) in [5, 5.41) is 0. The van der Waals surface area contributed by atoms with E-state index in [-0.39, 0.29) is 0 Å². The molecule has 41 heavy (non-hydrogen) atoms. The van der Waals surface area contributed by atoms with Crippen LogP contribution in [0.5, 0.6) is 5.75 Å². The van der Waals surface area contributed by atoms with Crippen LogP contribution in [0.1, 0.15) is 63.6 Å². The van der Waals surface area contributed by atoms with Crippen molar-refractivity contribution in [1.82, 2.24) is 0 Å². The van der Waals surface area contributed by atoms with Gasteiger partial charge in [0.05, 0.1) is 13.7 Å². The second-order valence-electron chi connectivity index (χ2n) is 11.2. The number of ether oxygens (including phenoxy) is 2. The minimum atomic E-state index is 0.623. The van der Waals surface area contributed by atoms with E-state index in [1.807, 2.05) is 0 Å². The maximum Gasteiger partial charge on any atom is 0.122 e. The van der Waals surface area contributed by atoms with Crippen molar-refractivity contribution in [3.8, 4) is 5.75 Å². The first-order chi connectivity index (χ1) is 19.8. The van der Waals surface area contributed by atoms with Crippen molar-refractivity contribution in [3.05, 3.63) is 99.5 Å². The fourth-order valence-corrected chi connectivity index (χ4v) is 5.63. The molecule has 0 saturated carbocycles. The highest BCUT2D eigenvalue weighted by molar-refractivity contribution is 9.10. The summed E-state index contributed by atoms with van der Waals surface area (Å²) >= 11 is 3.64. The molecule has 5 heteroatoms. The zero-order valence-corrected chi connectivity index (χ0v) is 27.5. The molecule has 0 aliphatic heterocycles. The molecule has 222 valence electrons. The summed E-state index contributed by atoms with van der Waals surface area (Å²) in [6.07, 6.45) is 6.87. The number of halogens is 1. The van der Waals surface area contributed by atoms with Crippen LogP contribution in [0.15, 0.2) is 82.9 Å². The van der Waals surface area contributed by atoms with E-state index in [0.717, 1.165) is 42.8 Å². The second-order valence-corrected chi connectivity index (χ2v) is 12.1. The molecule has 3 rings (SSSR count). The van der Waals surface area contributed by atoms with Crippen LogP contribution in [0.2, 0.25) is 0 Å². The van der Waals surface area contributed by atoms with Gasteiger partial charge in [-0.25, -0.2) is 0 Å². The van der Waals surface area contributed by atoms with E-state index in [1.54, 1.807) is 14.2 Å². The van der Waals surface area contributed by atoms with Crippen LogP contribution in [0, 0.1) is 5.92 Å². The topological polar surface area (TPSA) is 24.9 Å². The van der Waals surface area contributed by atoms with Gasteiger partial charge in [0.25, 0.3) is 0 Å². The van der Waals surface area contributed by atoms with Crippen molar-refractivity contribution in [3.63, 3.8) is 0 Å². The van der Waals surface area contributed by atoms with Gasteiger partial charge in [-0.05, 0) is 112 Å². The molecule has 0 bridgehead atoms. The summed E-state index contributed by atoms with van der Waals surface area (Å²) in [5.41, 5.74) is 7.60. The maximum atomic E-state index is 5.83. The largest absolute Gasteiger partial charge is 0.496 e. The van der Waals surface area contributed by atoms with Gasteiger partial charge in [0.2, 0.25) is 0 Å². The molecule has 0 aliphatic carbocycles. The minimum absolute atomic E-state index is 0.623. The van der Waals surface area contributed by atoms with E-state index < -0.39 is 0 Å². The lowest BCUT2D eigenvalue weighted by Crippen LogP contribution is -2.26. The Hall–Kier alpha value is -2.76. The van der Waals surface area contributed by atoms with Gasteiger partial charge in [0, 0.05) is 49.1 Å². The monoisotopic (exact) mass is 620 g/mol. The smallest absolute Gasteiger partial charge is 0.122 e. The average Bonchev–Trinajstić information content (AvgIpc) is 2.96. The molecule has 0 saturated heterocycles. The molecule has 4 nitrogen and oxygen atoms in total. The second kappa shape index (κ2) is 17.3. The number of anilines is 2. The SMILES string of the molecule is CCN(CCC(C)CCC=C(C)C)c1ccc(OC)c(CCN(Cc2cccc(Br)c2)c2ccc(COC)cc2)c1. The normalized spacial score (nSPS) is 11.7. The van der Waals surface area contributed by atoms with E-state index in [9.17, 15) is 0 Å². The van der Waals surface area contributed by atoms with Gasteiger partial charge in [-0.15, -0.1) is 0 Å². The third-order valence-corrected chi connectivity index (χ3v) is 8.13. The Labute approximate surface area is 257 Å². The van der Waals surface area contributed by atoms with Crippen molar-refractivity contribution in [2.45, 2.75) is 66.5 Å². The van der Waals surface area contributed by atoms with E-state index in [2.05, 4.69) is 126 Å². The zero-order valence-electron chi connectivity index (χ0n) is 26.0. The molecule has 0 radical (unpaired) electrons. The third-order valence-electron chi connectivity index (χ3n) is 7.64. The highest BCUT2D eigenvalue weighted by Gasteiger charge is 2.14. The van der Waals surface area contributed by atoms with Gasteiger partial charge in [-0.3, -0.25) is 0 Å². The van der Waals surface area contributed by atoms with E-state index in [0.29, 0.717) is 12.5 Å². The van der Waals surface area contributed by atoms with Gasteiger partial charge >= 0.3 is 0 Å². The predicted octanol–water partition coefficient (Wildman–Crippen LogP) is 9.45. The minimum Gasteiger partial charge on any atom is -0.496 e. The molecule has 3 aromatic carbocycles. The van der Waals surface area contributed by atoms with Crippen LogP contribution in [0.25, 0.3) is 0 Å². The Kier molecular flexibility index (Phi) is 13.8. The lowest BCUT2D eigenvalue weighted by Gasteiger charge is -2.28. The van der Waals surface area contributed by atoms with Crippen LogP contribution in [0.4, 0.5) is 11.4 Å². The summed E-state index contributed by atoms with van der Waals surface area (Å²) in [6, 6.07) is 24.0.